The number of carbonyl (C=O) groups is 3. The quantitative estimate of drug-likeness (QED) is 0.197. The van der Waals surface area contributed by atoms with Gasteiger partial charge < -0.3 is 14.2 Å². The zero-order valence-corrected chi connectivity index (χ0v) is 17.9. The van der Waals surface area contributed by atoms with E-state index in [1.165, 1.54) is 26.4 Å². The van der Waals surface area contributed by atoms with E-state index in [0.717, 1.165) is 51.4 Å². The van der Waals surface area contributed by atoms with Crippen molar-refractivity contribution in [3.05, 3.63) is 0 Å². The van der Waals surface area contributed by atoms with E-state index < -0.39 is 0 Å². The first-order valence-electron chi connectivity index (χ1n) is 11.6. The second kappa shape index (κ2) is 10.6. The molecule has 2 saturated heterocycles. The molecule has 0 bridgehead atoms. The zero-order valence-electron chi connectivity index (χ0n) is 17.9. The summed E-state index contributed by atoms with van der Waals surface area (Å²) in [5.74, 6) is -1.12. The standard InChI is InChI=1S/C23H36O6/c1-3-4-5-9-12-15-18-19(23(26)29-22(18)25)16(21-20(15)28-21)13-10-7-6-8-11-14-17(24)27-2/h15-16,18-21H,3-14H2,1-2H3. The Morgan fingerprint density at radius 3 is 1.90 bits per heavy atom. The van der Waals surface area contributed by atoms with Crippen molar-refractivity contribution in [1.82, 2.24) is 0 Å². The summed E-state index contributed by atoms with van der Waals surface area (Å²) in [4.78, 5) is 36.0. The summed E-state index contributed by atoms with van der Waals surface area (Å²) in [6, 6.07) is 0. The maximum atomic E-state index is 12.4. The third-order valence-corrected chi connectivity index (χ3v) is 7.00. The van der Waals surface area contributed by atoms with Crippen LogP contribution in [0.5, 0.6) is 0 Å². The second-order valence-electron chi connectivity index (χ2n) is 8.92. The van der Waals surface area contributed by atoms with Gasteiger partial charge in [0.15, 0.2) is 0 Å². The molecule has 2 aliphatic heterocycles. The Hall–Kier alpha value is -1.43. The third kappa shape index (κ3) is 5.39. The van der Waals surface area contributed by atoms with Crippen molar-refractivity contribution in [2.45, 2.75) is 96.2 Å². The molecule has 6 unspecified atom stereocenters. The van der Waals surface area contributed by atoms with Crippen molar-refractivity contribution < 1.29 is 28.6 Å². The van der Waals surface area contributed by atoms with Crippen LogP contribution < -0.4 is 0 Å². The molecule has 1 saturated carbocycles. The molecular formula is C23H36O6. The summed E-state index contributed by atoms with van der Waals surface area (Å²) in [6.45, 7) is 2.19. The average molecular weight is 409 g/mol. The van der Waals surface area contributed by atoms with E-state index >= 15 is 0 Å². The molecule has 0 aromatic heterocycles. The van der Waals surface area contributed by atoms with E-state index in [-0.39, 0.29) is 53.8 Å². The lowest BCUT2D eigenvalue weighted by molar-refractivity contribution is -0.154. The highest BCUT2D eigenvalue weighted by Crippen LogP contribution is 2.55. The molecule has 3 aliphatic rings. The predicted molar refractivity (Wildman–Crippen MR) is 107 cm³/mol. The molecule has 3 rings (SSSR count). The van der Waals surface area contributed by atoms with Crippen LogP contribution in [0.25, 0.3) is 0 Å². The molecule has 6 heteroatoms. The first-order chi connectivity index (χ1) is 14.1. The molecule has 0 amide bonds. The van der Waals surface area contributed by atoms with Crippen molar-refractivity contribution in [3.63, 3.8) is 0 Å². The zero-order chi connectivity index (χ0) is 20.8. The minimum Gasteiger partial charge on any atom is -0.469 e. The molecule has 6 nitrogen and oxygen atoms in total. The molecule has 0 spiro atoms. The fourth-order valence-electron chi connectivity index (χ4n) is 5.42. The van der Waals surface area contributed by atoms with E-state index in [1.54, 1.807) is 0 Å². The number of carbonyl (C=O) groups excluding carboxylic acids is 3. The first kappa shape index (κ1) is 22.3. The van der Waals surface area contributed by atoms with Gasteiger partial charge in [0.25, 0.3) is 0 Å². The van der Waals surface area contributed by atoms with Gasteiger partial charge >= 0.3 is 17.9 Å². The molecule has 6 atom stereocenters. The average Bonchev–Trinajstić information content (AvgIpc) is 3.45. The Bertz CT molecular complexity index is 588. The van der Waals surface area contributed by atoms with E-state index in [9.17, 15) is 14.4 Å². The maximum absolute atomic E-state index is 12.4. The summed E-state index contributed by atoms with van der Waals surface area (Å²) in [5.41, 5.74) is 0. The minimum absolute atomic E-state index is 0.117. The van der Waals surface area contributed by atoms with Gasteiger partial charge in [-0.25, -0.2) is 0 Å². The van der Waals surface area contributed by atoms with E-state index in [1.807, 2.05) is 0 Å². The van der Waals surface area contributed by atoms with Crippen molar-refractivity contribution in [3.8, 4) is 0 Å². The lowest BCUT2D eigenvalue weighted by Gasteiger charge is -2.32. The van der Waals surface area contributed by atoms with Gasteiger partial charge in [0.05, 0.1) is 31.2 Å². The van der Waals surface area contributed by atoms with E-state index in [2.05, 4.69) is 11.7 Å². The van der Waals surface area contributed by atoms with Crippen molar-refractivity contribution >= 4 is 17.9 Å². The van der Waals surface area contributed by atoms with E-state index in [4.69, 9.17) is 9.47 Å². The summed E-state index contributed by atoms with van der Waals surface area (Å²) < 4.78 is 15.7. The van der Waals surface area contributed by atoms with Crippen LogP contribution in [-0.4, -0.2) is 37.2 Å². The number of methoxy groups -OCH3 is 1. The van der Waals surface area contributed by atoms with Gasteiger partial charge in [-0.2, -0.15) is 0 Å². The number of epoxide rings is 1. The van der Waals surface area contributed by atoms with Crippen LogP contribution >= 0.6 is 0 Å². The van der Waals surface area contributed by atoms with Gasteiger partial charge in [-0.05, 0) is 19.3 Å². The first-order valence-corrected chi connectivity index (χ1v) is 11.6. The lowest BCUT2D eigenvalue weighted by atomic mass is 9.65. The smallest absolute Gasteiger partial charge is 0.317 e. The highest BCUT2D eigenvalue weighted by atomic mass is 16.6. The SMILES string of the molecule is CCCCCCC1C2OC2C(CCCCCCCC(=O)OC)C2C(=O)OC(=O)C12. The molecule has 0 aromatic carbocycles. The predicted octanol–water partition coefficient (Wildman–Crippen LogP) is 4.19. The molecular weight excluding hydrogens is 372 g/mol. The number of hydrogen-bond donors (Lipinski definition) is 0. The number of hydrogen-bond acceptors (Lipinski definition) is 6. The molecule has 3 fully saturated rings. The molecule has 164 valence electrons. The molecule has 1 aliphatic carbocycles. The van der Waals surface area contributed by atoms with Crippen LogP contribution in [0.1, 0.15) is 84.0 Å². The Morgan fingerprint density at radius 1 is 0.828 bits per heavy atom. The monoisotopic (exact) mass is 408 g/mol. The van der Waals surface area contributed by atoms with Gasteiger partial charge in [0, 0.05) is 18.3 Å². The summed E-state index contributed by atoms with van der Waals surface area (Å²) in [7, 11) is 1.42. The number of ether oxygens (including phenoxy) is 3. The fourth-order valence-corrected chi connectivity index (χ4v) is 5.42. The van der Waals surface area contributed by atoms with Crippen LogP contribution in [0.3, 0.4) is 0 Å². The van der Waals surface area contributed by atoms with Crippen molar-refractivity contribution in [1.29, 1.82) is 0 Å². The van der Waals surface area contributed by atoms with Crippen LogP contribution in [0.2, 0.25) is 0 Å². The van der Waals surface area contributed by atoms with E-state index in [0.29, 0.717) is 6.42 Å². The topological polar surface area (TPSA) is 82.2 Å². The van der Waals surface area contributed by atoms with Crippen molar-refractivity contribution in [2.75, 3.05) is 7.11 Å². The normalized spacial score (nSPS) is 32.5. The maximum Gasteiger partial charge on any atom is 0.317 e. The summed E-state index contributed by atoms with van der Waals surface area (Å²) in [6.07, 6.45) is 12.3. The van der Waals surface area contributed by atoms with Crippen LogP contribution in [0.4, 0.5) is 0 Å². The summed E-state index contributed by atoms with van der Waals surface area (Å²) >= 11 is 0. The molecule has 0 radical (unpaired) electrons. The van der Waals surface area contributed by atoms with Gasteiger partial charge in [-0.3, -0.25) is 14.4 Å². The Balaban J connectivity index is 1.46. The number of unbranched alkanes of at least 4 members (excludes halogenated alkanes) is 7. The van der Waals surface area contributed by atoms with Crippen LogP contribution in [-0.2, 0) is 28.6 Å². The highest BCUT2D eigenvalue weighted by Gasteiger charge is 2.66. The lowest BCUT2D eigenvalue weighted by Crippen LogP contribution is -2.42. The van der Waals surface area contributed by atoms with Gasteiger partial charge in [0.1, 0.15) is 0 Å². The molecule has 0 N–H and O–H groups in total. The Labute approximate surface area is 174 Å². The Kier molecular flexibility index (Phi) is 8.10. The van der Waals surface area contributed by atoms with Gasteiger partial charge in [-0.1, -0.05) is 58.3 Å². The molecule has 0 aromatic rings. The summed E-state index contributed by atoms with van der Waals surface area (Å²) in [5, 5.41) is 0. The van der Waals surface area contributed by atoms with Gasteiger partial charge in [-0.15, -0.1) is 0 Å². The molecule has 29 heavy (non-hydrogen) atoms. The minimum atomic E-state index is -0.324. The number of esters is 3. The van der Waals surface area contributed by atoms with Crippen molar-refractivity contribution in [2.24, 2.45) is 23.7 Å². The van der Waals surface area contributed by atoms with Crippen LogP contribution in [0, 0.1) is 23.7 Å². The number of cyclic esters (lactones) is 2. The largest absolute Gasteiger partial charge is 0.469 e. The molecule has 2 heterocycles. The number of rotatable bonds is 13. The Morgan fingerprint density at radius 2 is 1.34 bits per heavy atom. The highest BCUT2D eigenvalue weighted by molar-refractivity contribution is 5.97. The van der Waals surface area contributed by atoms with Crippen LogP contribution in [0.15, 0.2) is 0 Å². The third-order valence-electron chi connectivity index (χ3n) is 7.00. The number of fused-ring (bicyclic) bond motifs is 2. The second-order valence-corrected chi connectivity index (χ2v) is 8.92. The fraction of sp³-hybridized carbons (Fsp3) is 0.870. The van der Waals surface area contributed by atoms with Gasteiger partial charge in [0.2, 0.25) is 0 Å².